The Balaban J connectivity index is 1.94. The van der Waals surface area contributed by atoms with Crippen molar-refractivity contribution >= 4 is 23.2 Å². The van der Waals surface area contributed by atoms with E-state index < -0.39 is 0 Å². The molecule has 5 heteroatoms. The molecule has 0 fully saturated rings. The Bertz CT molecular complexity index is 615. The monoisotopic (exact) mass is 318 g/mol. The van der Waals surface area contributed by atoms with Crippen LogP contribution >= 0.6 is 11.6 Å². The maximum absolute atomic E-state index is 6.00. The van der Waals surface area contributed by atoms with Gasteiger partial charge in [0.25, 0.3) is 0 Å². The summed E-state index contributed by atoms with van der Waals surface area (Å²) in [6.45, 7) is 7.00. The van der Waals surface area contributed by atoms with Gasteiger partial charge in [-0.15, -0.1) is 0 Å². The van der Waals surface area contributed by atoms with Gasteiger partial charge >= 0.3 is 0 Å². The van der Waals surface area contributed by atoms with Gasteiger partial charge in [-0.1, -0.05) is 30.7 Å². The fourth-order valence-electron chi connectivity index (χ4n) is 2.11. The molecule has 1 atom stereocenters. The summed E-state index contributed by atoms with van der Waals surface area (Å²) in [5.74, 6) is 2.48. The summed E-state index contributed by atoms with van der Waals surface area (Å²) in [4.78, 5) is 8.85. The Morgan fingerprint density at radius 2 is 1.95 bits per heavy atom. The lowest BCUT2D eigenvalue weighted by Gasteiger charge is -2.14. The summed E-state index contributed by atoms with van der Waals surface area (Å²) in [6, 6.07) is 10.3. The van der Waals surface area contributed by atoms with Crippen molar-refractivity contribution in [3.8, 4) is 0 Å². The minimum Gasteiger partial charge on any atom is -0.370 e. The number of aromatic nitrogens is 2. The molecule has 1 aromatic carbocycles. The van der Waals surface area contributed by atoms with Gasteiger partial charge in [-0.25, -0.2) is 9.97 Å². The number of aryl methyl sites for hydroxylation is 1. The van der Waals surface area contributed by atoms with E-state index in [1.807, 2.05) is 31.2 Å². The molecular formula is C17H23ClN4. The Morgan fingerprint density at radius 3 is 2.68 bits per heavy atom. The van der Waals surface area contributed by atoms with E-state index in [9.17, 15) is 0 Å². The van der Waals surface area contributed by atoms with Crippen LogP contribution in [0.25, 0.3) is 0 Å². The van der Waals surface area contributed by atoms with Crippen molar-refractivity contribution in [2.45, 2.75) is 39.7 Å². The first kappa shape index (κ1) is 16.6. The third-order valence-corrected chi connectivity index (χ3v) is 3.69. The van der Waals surface area contributed by atoms with Crippen LogP contribution in [0.15, 0.2) is 30.3 Å². The second-order valence-corrected chi connectivity index (χ2v) is 5.88. The Labute approximate surface area is 137 Å². The lowest BCUT2D eigenvalue weighted by Crippen LogP contribution is -2.16. The minimum absolute atomic E-state index is 0.397. The van der Waals surface area contributed by atoms with E-state index in [0.29, 0.717) is 6.04 Å². The minimum atomic E-state index is 0.397. The number of halogens is 1. The molecule has 0 amide bonds. The van der Waals surface area contributed by atoms with E-state index in [0.717, 1.165) is 41.9 Å². The molecule has 0 aliphatic heterocycles. The molecule has 1 unspecified atom stereocenters. The van der Waals surface area contributed by atoms with Crippen molar-refractivity contribution in [3.63, 3.8) is 0 Å². The number of hydrogen-bond donors (Lipinski definition) is 2. The predicted molar refractivity (Wildman–Crippen MR) is 93.8 cm³/mol. The second-order valence-electron chi connectivity index (χ2n) is 5.45. The van der Waals surface area contributed by atoms with Crippen molar-refractivity contribution in [3.05, 3.63) is 46.7 Å². The summed E-state index contributed by atoms with van der Waals surface area (Å²) in [7, 11) is 0. The topological polar surface area (TPSA) is 49.8 Å². The maximum Gasteiger partial charge on any atom is 0.132 e. The fraction of sp³-hybridized carbons (Fsp3) is 0.412. The van der Waals surface area contributed by atoms with Gasteiger partial charge in [-0.2, -0.15) is 0 Å². The van der Waals surface area contributed by atoms with Crippen LogP contribution in [0, 0.1) is 6.92 Å². The highest BCUT2D eigenvalue weighted by Crippen LogP contribution is 2.14. The smallest absolute Gasteiger partial charge is 0.132 e. The maximum atomic E-state index is 6.00. The van der Waals surface area contributed by atoms with E-state index in [2.05, 4.69) is 40.5 Å². The largest absolute Gasteiger partial charge is 0.370 e. The Hall–Kier alpha value is -1.81. The summed E-state index contributed by atoms with van der Waals surface area (Å²) in [5.41, 5.74) is 1.21. The Morgan fingerprint density at radius 1 is 1.18 bits per heavy atom. The summed E-state index contributed by atoms with van der Waals surface area (Å²) >= 11 is 6.00. The standard InChI is InChI=1S/C17H23ClN4/c1-4-12(2)20-17-11-16(21-13(3)22-17)19-9-8-14-6-5-7-15(18)10-14/h5-7,10-12H,4,8-9H2,1-3H3,(H2,19,20,21,22). The number of benzene rings is 1. The molecule has 118 valence electrons. The molecule has 0 aliphatic rings. The van der Waals surface area contributed by atoms with Crippen LogP contribution in [0.4, 0.5) is 11.6 Å². The summed E-state index contributed by atoms with van der Waals surface area (Å²) < 4.78 is 0. The highest BCUT2D eigenvalue weighted by Gasteiger charge is 2.04. The molecule has 2 N–H and O–H groups in total. The van der Waals surface area contributed by atoms with Gasteiger partial charge in [-0.3, -0.25) is 0 Å². The van der Waals surface area contributed by atoms with E-state index in [1.54, 1.807) is 0 Å². The van der Waals surface area contributed by atoms with Crippen molar-refractivity contribution in [2.75, 3.05) is 17.2 Å². The number of nitrogens with zero attached hydrogens (tertiary/aromatic N) is 2. The first-order valence-corrected chi connectivity index (χ1v) is 8.05. The zero-order valence-corrected chi connectivity index (χ0v) is 14.1. The average Bonchev–Trinajstić information content (AvgIpc) is 2.46. The van der Waals surface area contributed by atoms with E-state index in [4.69, 9.17) is 11.6 Å². The Kier molecular flexibility index (Phi) is 6.01. The molecule has 0 saturated heterocycles. The second kappa shape index (κ2) is 7.99. The molecule has 1 heterocycles. The molecule has 22 heavy (non-hydrogen) atoms. The lowest BCUT2D eigenvalue weighted by molar-refractivity contribution is 0.757. The molecule has 2 aromatic rings. The van der Waals surface area contributed by atoms with E-state index >= 15 is 0 Å². The average molecular weight is 319 g/mol. The molecule has 0 spiro atoms. The van der Waals surface area contributed by atoms with Gasteiger partial charge in [0, 0.05) is 23.7 Å². The van der Waals surface area contributed by atoms with Crippen LogP contribution in [0.2, 0.25) is 5.02 Å². The molecule has 2 rings (SSSR count). The quantitative estimate of drug-likeness (QED) is 0.799. The molecule has 4 nitrogen and oxygen atoms in total. The first-order chi connectivity index (χ1) is 10.6. The molecule has 0 aliphatic carbocycles. The van der Waals surface area contributed by atoms with E-state index in [-0.39, 0.29) is 0 Å². The normalized spacial score (nSPS) is 12.0. The van der Waals surface area contributed by atoms with Gasteiger partial charge in [0.15, 0.2) is 0 Å². The molecule has 1 aromatic heterocycles. The SMILES string of the molecule is CCC(C)Nc1cc(NCCc2cccc(Cl)c2)nc(C)n1. The van der Waals surface area contributed by atoms with Gasteiger partial charge in [0.2, 0.25) is 0 Å². The highest BCUT2D eigenvalue weighted by molar-refractivity contribution is 6.30. The molecule has 0 radical (unpaired) electrons. The van der Waals surface area contributed by atoms with Crippen molar-refractivity contribution in [2.24, 2.45) is 0 Å². The third-order valence-electron chi connectivity index (χ3n) is 3.45. The number of rotatable bonds is 7. The highest BCUT2D eigenvalue weighted by atomic mass is 35.5. The summed E-state index contributed by atoms with van der Waals surface area (Å²) in [6.07, 6.45) is 1.96. The third kappa shape index (κ3) is 5.19. The van der Waals surface area contributed by atoms with Crippen molar-refractivity contribution in [1.82, 2.24) is 9.97 Å². The zero-order chi connectivity index (χ0) is 15.9. The number of anilines is 2. The van der Waals surface area contributed by atoms with Crippen LogP contribution in [0.5, 0.6) is 0 Å². The van der Waals surface area contributed by atoms with E-state index in [1.165, 1.54) is 5.56 Å². The van der Waals surface area contributed by atoms with Crippen LogP contribution in [0.3, 0.4) is 0 Å². The summed E-state index contributed by atoms with van der Waals surface area (Å²) in [5, 5.41) is 7.50. The van der Waals surface area contributed by atoms with Crippen LogP contribution < -0.4 is 10.6 Å². The van der Waals surface area contributed by atoms with Crippen molar-refractivity contribution in [1.29, 1.82) is 0 Å². The van der Waals surface area contributed by atoms with Gasteiger partial charge in [0.1, 0.15) is 17.5 Å². The first-order valence-electron chi connectivity index (χ1n) is 7.67. The molecule has 0 saturated carbocycles. The zero-order valence-electron chi connectivity index (χ0n) is 13.4. The van der Waals surface area contributed by atoms with Crippen molar-refractivity contribution < 1.29 is 0 Å². The predicted octanol–water partition coefficient (Wildman–Crippen LogP) is 4.30. The van der Waals surface area contributed by atoms with Crippen LogP contribution in [-0.2, 0) is 6.42 Å². The molecule has 0 bridgehead atoms. The van der Waals surface area contributed by atoms with Gasteiger partial charge in [0.05, 0.1) is 0 Å². The van der Waals surface area contributed by atoms with Gasteiger partial charge in [-0.05, 0) is 44.4 Å². The lowest BCUT2D eigenvalue weighted by atomic mass is 10.1. The number of hydrogen-bond acceptors (Lipinski definition) is 4. The molecular weight excluding hydrogens is 296 g/mol. The van der Waals surface area contributed by atoms with Crippen LogP contribution in [0.1, 0.15) is 31.7 Å². The fourth-order valence-corrected chi connectivity index (χ4v) is 2.33. The van der Waals surface area contributed by atoms with Gasteiger partial charge < -0.3 is 10.6 Å². The van der Waals surface area contributed by atoms with Crippen LogP contribution in [-0.4, -0.2) is 22.6 Å². The number of nitrogens with one attached hydrogen (secondary N) is 2.